The lowest BCUT2D eigenvalue weighted by Crippen LogP contribution is -2.26. The standard InChI is InChI=1S/C11H15BrN2O2S/c1-7-4-8(7)6-14-17(15,16)11-5-9(13)2-3-10(11)12/h2-3,5,7-8,14H,4,6,13H2,1H3. The Labute approximate surface area is 110 Å². The van der Waals surface area contributed by atoms with E-state index in [4.69, 9.17) is 5.73 Å². The van der Waals surface area contributed by atoms with Crippen LogP contribution in [0.25, 0.3) is 0 Å². The van der Waals surface area contributed by atoms with Crippen LogP contribution in [0.2, 0.25) is 0 Å². The zero-order chi connectivity index (χ0) is 12.6. The fourth-order valence-corrected chi connectivity index (χ4v) is 3.79. The first kappa shape index (κ1) is 12.9. The lowest BCUT2D eigenvalue weighted by Gasteiger charge is -2.08. The molecule has 0 radical (unpaired) electrons. The second-order valence-corrected chi connectivity index (χ2v) is 7.10. The lowest BCUT2D eigenvalue weighted by molar-refractivity contribution is 0.574. The molecule has 1 fully saturated rings. The minimum Gasteiger partial charge on any atom is -0.399 e. The Morgan fingerprint density at radius 2 is 2.18 bits per heavy atom. The maximum absolute atomic E-state index is 12.0. The molecule has 0 bridgehead atoms. The molecule has 94 valence electrons. The Kier molecular flexibility index (Phi) is 3.47. The van der Waals surface area contributed by atoms with E-state index in [1.807, 2.05) is 0 Å². The van der Waals surface area contributed by atoms with Crippen molar-refractivity contribution in [2.45, 2.75) is 18.2 Å². The van der Waals surface area contributed by atoms with E-state index in [1.165, 1.54) is 6.07 Å². The van der Waals surface area contributed by atoms with Crippen molar-refractivity contribution in [2.75, 3.05) is 12.3 Å². The van der Waals surface area contributed by atoms with Crippen molar-refractivity contribution < 1.29 is 8.42 Å². The molecule has 2 atom stereocenters. The zero-order valence-corrected chi connectivity index (χ0v) is 11.9. The van der Waals surface area contributed by atoms with Gasteiger partial charge in [0.15, 0.2) is 0 Å². The normalized spacial score (nSPS) is 23.6. The van der Waals surface area contributed by atoms with Gasteiger partial charge < -0.3 is 5.73 Å². The molecule has 0 amide bonds. The van der Waals surface area contributed by atoms with E-state index in [1.54, 1.807) is 12.1 Å². The number of nitrogens with one attached hydrogen (secondary N) is 1. The van der Waals surface area contributed by atoms with E-state index in [9.17, 15) is 8.42 Å². The largest absolute Gasteiger partial charge is 0.399 e. The summed E-state index contributed by atoms with van der Waals surface area (Å²) in [5, 5.41) is 0. The average Bonchev–Trinajstić information content (AvgIpc) is 2.96. The van der Waals surface area contributed by atoms with Crippen LogP contribution in [0.15, 0.2) is 27.6 Å². The fourth-order valence-electron chi connectivity index (χ4n) is 1.70. The van der Waals surface area contributed by atoms with Crippen LogP contribution in [-0.2, 0) is 10.0 Å². The van der Waals surface area contributed by atoms with E-state index < -0.39 is 10.0 Å². The Morgan fingerprint density at radius 3 is 2.76 bits per heavy atom. The maximum atomic E-state index is 12.0. The van der Waals surface area contributed by atoms with Gasteiger partial charge in [0.25, 0.3) is 0 Å². The number of nitrogen functional groups attached to an aromatic ring is 1. The number of hydrogen-bond donors (Lipinski definition) is 2. The van der Waals surface area contributed by atoms with Gasteiger partial charge in [0.1, 0.15) is 0 Å². The first-order valence-electron chi connectivity index (χ1n) is 5.45. The molecule has 1 aliphatic rings. The molecule has 2 rings (SSSR count). The van der Waals surface area contributed by atoms with Gasteiger partial charge >= 0.3 is 0 Å². The van der Waals surface area contributed by atoms with Gasteiger partial charge in [-0.25, -0.2) is 13.1 Å². The van der Waals surface area contributed by atoms with Crippen LogP contribution < -0.4 is 10.5 Å². The van der Waals surface area contributed by atoms with Gasteiger partial charge in [-0.1, -0.05) is 6.92 Å². The lowest BCUT2D eigenvalue weighted by atomic mass is 10.3. The molecule has 1 saturated carbocycles. The third kappa shape index (κ3) is 3.00. The number of benzene rings is 1. The average molecular weight is 319 g/mol. The van der Waals surface area contributed by atoms with E-state index >= 15 is 0 Å². The van der Waals surface area contributed by atoms with Crippen molar-refractivity contribution in [3.63, 3.8) is 0 Å². The maximum Gasteiger partial charge on any atom is 0.241 e. The summed E-state index contributed by atoms with van der Waals surface area (Å²) < 4.78 is 27.2. The summed E-state index contributed by atoms with van der Waals surface area (Å²) in [6.45, 7) is 2.63. The summed E-state index contributed by atoms with van der Waals surface area (Å²) in [5.74, 6) is 1.10. The number of halogens is 1. The molecule has 6 heteroatoms. The summed E-state index contributed by atoms with van der Waals surface area (Å²) in [5.41, 5.74) is 6.04. The number of sulfonamides is 1. The van der Waals surface area contributed by atoms with Crippen molar-refractivity contribution in [1.82, 2.24) is 4.72 Å². The Hall–Kier alpha value is -0.590. The van der Waals surface area contributed by atoms with E-state index in [0.29, 0.717) is 28.5 Å². The Bertz CT molecular complexity index is 530. The highest BCUT2D eigenvalue weighted by atomic mass is 79.9. The molecule has 1 aromatic carbocycles. The van der Waals surface area contributed by atoms with Crippen LogP contribution in [0.1, 0.15) is 13.3 Å². The van der Waals surface area contributed by atoms with Gasteiger partial charge in [-0.3, -0.25) is 0 Å². The van der Waals surface area contributed by atoms with Crippen LogP contribution in [0.3, 0.4) is 0 Å². The van der Waals surface area contributed by atoms with Gasteiger partial charge in [-0.05, 0) is 52.4 Å². The minimum absolute atomic E-state index is 0.200. The molecule has 17 heavy (non-hydrogen) atoms. The predicted molar refractivity (Wildman–Crippen MR) is 71.0 cm³/mol. The highest BCUT2D eigenvalue weighted by molar-refractivity contribution is 9.10. The molecule has 1 aliphatic carbocycles. The first-order valence-corrected chi connectivity index (χ1v) is 7.72. The molecule has 0 aromatic heterocycles. The molecule has 3 N–H and O–H groups in total. The molecule has 2 unspecified atom stereocenters. The summed E-state index contributed by atoms with van der Waals surface area (Å²) in [7, 11) is -3.47. The number of rotatable bonds is 4. The zero-order valence-electron chi connectivity index (χ0n) is 9.48. The SMILES string of the molecule is CC1CC1CNS(=O)(=O)c1cc(N)ccc1Br. The van der Waals surface area contributed by atoms with Crippen molar-refractivity contribution in [1.29, 1.82) is 0 Å². The van der Waals surface area contributed by atoms with Crippen LogP contribution in [0, 0.1) is 11.8 Å². The van der Waals surface area contributed by atoms with Crippen molar-refractivity contribution in [2.24, 2.45) is 11.8 Å². The highest BCUT2D eigenvalue weighted by Crippen LogP contribution is 2.37. The Balaban J connectivity index is 2.16. The van der Waals surface area contributed by atoms with E-state index in [-0.39, 0.29) is 4.90 Å². The smallest absolute Gasteiger partial charge is 0.241 e. The molecule has 0 spiro atoms. The molecule has 0 aliphatic heterocycles. The second-order valence-electron chi connectivity index (χ2n) is 4.51. The van der Waals surface area contributed by atoms with E-state index in [0.717, 1.165) is 6.42 Å². The third-order valence-corrected chi connectivity index (χ3v) is 5.47. The molecule has 4 nitrogen and oxygen atoms in total. The fraction of sp³-hybridized carbons (Fsp3) is 0.455. The summed E-state index contributed by atoms with van der Waals surface area (Å²) >= 11 is 3.23. The highest BCUT2D eigenvalue weighted by Gasteiger charge is 2.33. The van der Waals surface area contributed by atoms with Crippen LogP contribution >= 0.6 is 15.9 Å². The second kappa shape index (κ2) is 4.59. The molecular weight excluding hydrogens is 304 g/mol. The van der Waals surface area contributed by atoms with Gasteiger partial charge in [-0.15, -0.1) is 0 Å². The van der Waals surface area contributed by atoms with Crippen molar-refractivity contribution in [3.8, 4) is 0 Å². The predicted octanol–water partition coefficient (Wildman–Crippen LogP) is 1.97. The molecule has 1 aromatic rings. The number of anilines is 1. The summed E-state index contributed by atoms with van der Waals surface area (Å²) in [6.07, 6.45) is 1.10. The van der Waals surface area contributed by atoms with Gasteiger partial charge in [0, 0.05) is 16.7 Å². The van der Waals surface area contributed by atoms with Crippen LogP contribution in [-0.4, -0.2) is 15.0 Å². The van der Waals surface area contributed by atoms with Crippen molar-refractivity contribution >= 4 is 31.6 Å². The minimum atomic E-state index is -3.47. The quantitative estimate of drug-likeness (QED) is 0.834. The third-order valence-electron chi connectivity index (χ3n) is 3.06. The van der Waals surface area contributed by atoms with Gasteiger partial charge in [-0.2, -0.15) is 0 Å². The topological polar surface area (TPSA) is 72.2 Å². The van der Waals surface area contributed by atoms with Crippen molar-refractivity contribution in [3.05, 3.63) is 22.7 Å². The molecule has 0 saturated heterocycles. The number of nitrogens with two attached hydrogens (primary N) is 1. The molecule has 0 heterocycles. The van der Waals surface area contributed by atoms with Gasteiger partial charge in [0.2, 0.25) is 10.0 Å². The molecular formula is C11H15BrN2O2S. The monoisotopic (exact) mass is 318 g/mol. The van der Waals surface area contributed by atoms with Crippen LogP contribution in [0.5, 0.6) is 0 Å². The summed E-state index contributed by atoms with van der Waals surface area (Å²) in [6, 6.07) is 4.76. The Morgan fingerprint density at radius 1 is 1.53 bits per heavy atom. The van der Waals surface area contributed by atoms with E-state index in [2.05, 4.69) is 27.6 Å². The summed E-state index contributed by atoms with van der Waals surface area (Å²) in [4.78, 5) is 0.200. The van der Waals surface area contributed by atoms with Gasteiger partial charge in [0.05, 0.1) is 4.90 Å². The number of hydrogen-bond acceptors (Lipinski definition) is 3. The van der Waals surface area contributed by atoms with Crippen LogP contribution in [0.4, 0.5) is 5.69 Å². The first-order chi connectivity index (χ1) is 7.90.